The first kappa shape index (κ1) is 14.2. The van der Waals surface area contributed by atoms with Gasteiger partial charge in [0.15, 0.2) is 6.39 Å². The maximum atomic E-state index is 12.3. The SMILES string of the molecule is Cc1ncoc1C(=O)N(CCC(=O)O)C(C)(C)C. The molecule has 1 N–H and O–H groups in total. The van der Waals surface area contributed by atoms with Crippen LogP contribution in [0.15, 0.2) is 10.8 Å². The molecule has 0 fully saturated rings. The lowest BCUT2D eigenvalue weighted by atomic mass is 10.0. The molecule has 6 nitrogen and oxygen atoms in total. The van der Waals surface area contributed by atoms with Crippen molar-refractivity contribution in [1.82, 2.24) is 9.88 Å². The standard InChI is InChI=1S/C12H18N2O4/c1-8-10(18-7-13-8)11(17)14(12(2,3)4)6-5-9(15)16/h7H,5-6H2,1-4H3,(H,15,16). The van der Waals surface area contributed by atoms with Crippen molar-refractivity contribution in [1.29, 1.82) is 0 Å². The van der Waals surface area contributed by atoms with E-state index in [1.54, 1.807) is 6.92 Å². The summed E-state index contributed by atoms with van der Waals surface area (Å²) in [7, 11) is 0. The second kappa shape index (κ2) is 5.20. The largest absolute Gasteiger partial charge is 0.481 e. The quantitative estimate of drug-likeness (QED) is 0.884. The molecule has 0 bridgehead atoms. The number of amides is 1. The van der Waals surface area contributed by atoms with Gasteiger partial charge < -0.3 is 14.4 Å². The van der Waals surface area contributed by atoms with Crippen LogP contribution in [0.3, 0.4) is 0 Å². The number of aromatic nitrogens is 1. The van der Waals surface area contributed by atoms with Crippen molar-refractivity contribution in [2.24, 2.45) is 0 Å². The number of rotatable bonds is 4. The summed E-state index contributed by atoms with van der Waals surface area (Å²) in [5.41, 5.74) is 0.0238. The fourth-order valence-electron chi connectivity index (χ4n) is 1.58. The van der Waals surface area contributed by atoms with E-state index in [9.17, 15) is 9.59 Å². The predicted molar refractivity (Wildman–Crippen MR) is 64.3 cm³/mol. The molecule has 18 heavy (non-hydrogen) atoms. The fourth-order valence-corrected chi connectivity index (χ4v) is 1.58. The Bertz CT molecular complexity index is 445. The minimum Gasteiger partial charge on any atom is -0.481 e. The Labute approximate surface area is 106 Å². The molecular formula is C12H18N2O4. The lowest BCUT2D eigenvalue weighted by Crippen LogP contribution is -2.46. The van der Waals surface area contributed by atoms with Crippen LogP contribution in [-0.4, -0.2) is 39.0 Å². The van der Waals surface area contributed by atoms with Gasteiger partial charge in [0.25, 0.3) is 5.91 Å². The van der Waals surface area contributed by atoms with Crippen LogP contribution in [0.25, 0.3) is 0 Å². The zero-order valence-corrected chi connectivity index (χ0v) is 11.1. The number of carbonyl (C=O) groups is 2. The van der Waals surface area contributed by atoms with Crippen LogP contribution in [0.1, 0.15) is 43.4 Å². The van der Waals surface area contributed by atoms with Gasteiger partial charge in [-0.2, -0.15) is 0 Å². The molecule has 0 aromatic carbocycles. The molecule has 0 atom stereocenters. The maximum Gasteiger partial charge on any atom is 0.305 e. The van der Waals surface area contributed by atoms with E-state index in [0.29, 0.717) is 5.69 Å². The molecule has 0 aliphatic carbocycles. The number of aliphatic carboxylic acids is 1. The van der Waals surface area contributed by atoms with Gasteiger partial charge in [-0.1, -0.05) is 0 Å². The first-order valence-electron chi connectivity index (χ1n) is 5.67. The Balaban J connectivity index is 2.94. The van der Waals surface area contributed by atoms with Crippen molar-refractivity contribution in [3.05, 3.63) is 17.8 Å². The van der Waals surface area contributed by atoms with Crippen LogP contribution in [0.2, 0.25) is 0 Å². The number of oxazole rings is 1. The molecule has 0 unspecified atom stereocenters. The summed E-state index contributed by atoms with van der Waals surface area (Å²) in [5.74, 6) is -1.11. The summed E-state index contributed by atoms with van der Waals surface area (Å²) in [4.78, 5) is 28.3. The summed E-state index contributed by atoms with van der Waals surface area (Å²) in [6.45, 7) is 7.35. The highest BCUT2D eigenvalue weighted by Gasteiger charge is 2.30. The molecule has 1 aromatic heterocycles. The number of nitrogens with zero attached hydrogens (tertiary/aromatic N) is 2. The number of carbonyl (C=O) groups excluding carboxylic acids is 1. The first-order valence-corrected chi connectivity index (χ1v) is 5.67. The minimum atomic E-state index is -0.939. The Hall–Kier alpha value is -1.85. The van der Waals surface area contributed by atoms with E-state index >= 15 is 0 Å². The van der Waals surface area contributed by atoms with E-state index in [1.165, 1.54) is 11.3 Å². The van der Waals surface area contributed by atoms with Gasteiger partial charge in [0, 0.05) is 12.1 Å². The topological polar surface area (TPSA) is 83.6 Å². The summed E-state index contributed by atoms with van der Waals surface area (Å²) < 4.78 is 5.06. The number of hydrogen-bond donors (Lipinski definition) is 1. The summed E-state index contributed by atoms with van der Waals surface area (Å²) >= 11 is 0. The van der Waals surface area contributed by atoms with E-state index in [2.05, 4.69) is 4.98 Å². The molecule has 0 aliphatic heterocycles. The van der Waals surface area contributed by atoms with Gasteiger partial charge in [-0.15, -0.1) is 0 Å². The van der Waals surface area contributed by atoms with Crippen molar-refractivity contribution >= 4 is 11.9 Å². The lowest BCUT2D eigenvalue weighted by Gasteiger charge is -2.34. The lowest BCUT2D eigenvalue weighted by molar-refractivity contribution is -0.137. The van der Waals surface area contributed by atoms with Crippen LogP contribution in [0.4, 0.5) is 0 Å². The van der Waals surface area contributed by atoms with Crippen LogP contribution in [0, 0.1) is 6.92 Å². The zero-order valence-electron chi connectivity index (χ0n) is 11.1. The third kappa shape index (κ3) is 3.32. The second-order valence-corrected chi connectivity index (χ2v) is 5.04. The van der Waals surface area contributed by atoms with E-state index < -0.39 is 11.5 Å². The van der Waals surface area contributed by atoms with Crippen LogP contribution < -0.4 is 0 Å². The number of carboxylic acids is 1. The molecule has 0 radical (unpaired) electrons. The fraction of sp³-hybridized carbons (Fsp3) is 0.583. The monoisotopic (exact) mass is 254 g/mol. The molecule has 0 aliphatic rings. The van der Waals surface area contributed by atoms with Crippen molar-refractivity contribution in [2.45, 2.75) is 39.7 Å². The van der Waals surface area contributed by atoms with E-state index in [1.807, 2.05) is 20.8 Å². The van der Waals surface area contributed by atoms with Gasteiger partial charge in [0.1, 0.15) is 0 Å². The highest BCUT2D eigenvalue weighted by Crippen LogP contribution is 2.19. The first-order chi connectivity index (χ1) is 8.23. The molecular weight excluding hydrogens is 236 g/mol. The molecule has 1 rings (SSSR count). The average molecular weight is 254 g/mol. The van der Waals surface area contributed by atoms with Gasteiger partial charge >= 0.3 is 5.97 Å². The van der Waals surface area contributed by atoms with Crippen molar-refractivity contribution in [3.8, 4) is 0 Å². The van der Waals surface area contributed by atoms with E-state index in [-0.39, 0.29) is 24.6 Å². The van der Waals surface area contributed by atoms with Crippen LogP contribution in [-0.2, 0) is 4.79 Å². The van der Waals surface area contributed by atoms with Gasteiger partial charge in [-0.25, -0.2) is 4.98 Å². The normalized spacial score (nSPS) is 11.3. The minimum absolute atomic E-state index is 0.101. The Kier molecular flexibility index (Phi) is 4.11. The molecule has 1 aromatic rings. The van der Waals surface area contributed by atoms with Gasteiger partial charge in [-0.05, 0) is 27.7 Å². The summed E-state index contributed by atoms with van der Waals surface area (Å²) in [6.07, 6.45) is 1.11. The van der Waals surface area contributed by atoms with E-state index in [0.717, 1.165) is 0 Å². The molecule has 1 heterocycles. The average Bonchev–Trinajstić information content (AvgIpc) is 2.61. The Morgan fingerprint density at radius 2 is 2.06 bits per heavy atom. The highest BCUT2D eigenvalue weighted by atomic mass is 16.4. The smallest absolute Gasteiger partial charge is 0.305 e. The second-order valence-electron chi connectivity index (χ2n) is 5.04. The number of aryl methyl sites for hydroxylation is 1. The van der Waals surface area contributed by atoms with Crippen LogP contribution in [0.5, 0.6) is 0 Å². The van der Waals surface area contributed by atoms with Gasteiger partial charge in [-0.3, -0.25) is 9.59 Å². The zero-order chi connectivity index (χ0) is 13.9. The molecule has 0 saturated heterocycles. The third-order valence-electron chi connectivity index (χ3n) is 2.54. The Morgan fingerprint density at radius 1 is 1.44 bits per heavy atom. The predicted octanol–water partition coefficient (Wildman–Crippen LogP) is 1.70. The molecule has 0 saturated carbocycles. The van der Waals surface area contributed by atoms with E-state index in [4.69, 9.17) is 9.52 Å². The molecule has 100 valence electrons. The summed E-state index contributed by atoms with van der Waals surface area (Å²) in [6, 6.07) is 0. The third-order valence-corrected chi connectivity index (χ3v) is 2.54. The number of hydrogen-bond acceptors (Lipinski definition) is 4. The molecule has 0 spiro atoms. The van der Waals surface area contributed by atoms with Gasteiger partial charge in [0.05, 0.1) is 12.1 Å². The van der Waals surface area contributed by atoms with Crippen LogP contribution >= 0.6 is 0 Å². The van der Waals surface area contributed by atoms with Crippen molar-refractivity contribution < 1.29 is 19.1 Å². The molecule has 1 amide bonds. The number of carboxylic acid groups (broad SMARTS) is 1. The maximum absolute atomic E-state index is 12.3. The Morgan fingerprint density at radius 3 is 2.44 bits per heavy atom. The van der Waals surface area contributed by atoms with Gasteiger partial charge in [0.2, 0.25) is 5.76 Å². The van der Waals surface area contributed by atoms with Crippen molar-refractivity contribution in [3.63, 3.8) is 0 Å². The van der Waals surface area contributed by atoms with Crippen molar-refractivity contribution in [2.75, 3.05) is 6.54 Å². The summed E-state index contributed by atoms with van der Waals surface area (Å²) in [5, 5.41) is 8.72. The highest BCUT2D eigenvalue weighted by molar-refractivity contribution is 5.93. The molecule has 6 heteroatoms.